The van der Waals surface area contributed by atoms with Gasteiger partial charge in [-0.1, -0.05) is 32.1 Å². The second-order valence-corrected chi connectivity index (χ2v) is 26.8. The van der Waals surface area contributed by atoms with Gasteiger partial charge in [0.2, 0.25) is 17.7 Å². The Bertz CT molecular complexity index is 3680. The van der Waals surface area contributed by atoms with Crippen LogP contribution in [0.4, 0.5) is 19.2 Å². The van der Waals surface area contributed by atoms with Crippen LogP contribution in [-0.2, 0) is 106 Å². The molecule has 0 radical (unpaired) electrons. The van der Waals surface area contributed by atoms with Gasteiger partial charge < -0.3 is 57.0 Å². The first kappa shape index (κ1) is 71.1. The molecule has 38 nitrogen and oxygen atoms in total. The fourth-order valence-corrected chi connectivity index (χ4v) is 12.5. The Hall–Kier alpha value is -8.31. The molecule has 15 saturated heterocycles. The zero-order valence-electron chi connectivity index (χ0n) is 56.2. The molecule has 17 heterocycles. The molecule has 15 aliphatic rings. The molecule has 0 aromatic carbocycles. The second-order valence-electron chi connectivity index (χ2n) is 26.8. The monoisotopic (exact) mass is 1420 g/mol. The predicted molar refractivity (Wildman–Crippen MR) is 342 cm³/mol. The second kappa shape index (κ2) is 29.6. The highest BCUT2D eigenvalue weighted by Crippen LogP contribution is 2.39. The van der Waals surface area contributed by atoms with Crippen LogP contribution >= 0.6 is 0 Å². The summed E-state index contributed by atoms with van der Waals surface area (Å²) in [6, 6.07) is -0.896. The Kier molecular flexibility index (Phi) is 20.8. The lowest BCUT2D eigenvalue weighted by Crippen LogP contribution is -2.66. The van der Waals surface area contributed by atoms with Crippen molar-refractivity contribution in [3.05, 3.63) is 101 Å². The molecular weight excluding hydrogens is 1340 g/mol. The molecule has 0 N–H and O–H groups in total. The molecule has 550 valence electrons. The van der Waals surface area contributed by atoms with Crippen LogP contribution in [0, 0.1) is 5.41 Å². The van der Waals surface area contributed by atoms with Crippen LogP contribution in [0.3, 0.4) is 0 Å². The molecule has 0 saturated carbocycles. The average molecular weight is 1420 g/mol. The molecule has 11 amide bonds. The van der Waals surface area contributed by atoms with Crippen LogP contribution in [0.15, 0.2) is 66.7 Å². The lowest BCUT2D eigenvalue weighted by Gasteiger charge is -2.43. The Morgan fingerprint density at radius 2 is 0.574 bits per heavy atom. The van der Waals surface area contributed by atoms with E-state index in [-0.39, 0.29) is 174 Å². The first-order valence-corrected chi connectivity index (χ1v) is 34.1. The van der Waals surface area contributed by atoms with Crippen LogP contribution in [0.2, 0.25) is 0 Å². The molecule has 15 fully saturated rings. The average Bonchev–Trinajstić information content (AvgIpc) is 1.62. The van der Waals surface area contributed by atoms with Crippen molar-refractivity contribution in [1.82, 2.24) is 66.6 Å². The zero-order chi connectivity index (χ0) is 71.3. The van der Waals surface area contributed by atoms with Crippen LogP contribution in [-0.4, -0.2) is 320 Å². The van der Waals surface area contributed by atoms with E-state index in [0.717, 1.165) is 27.4 Å². The van der Waals surface area contributed by atoms with E-state index in [1.54, 1.807) is 36.7 Å². The number of ether oxygens (including phenoxy) is 11. The highest BCUT2D eigenvalue weighted by atomic mass is 16.6. The number of hydrogen-bond acceptors (Lipinski definition) is 24. The Morgan fingerprint density at radius 1 is 0.317 bits per heavy atom. The largest absolute Gasteiger partial charge is 0.371 e. The number of allylic oxidation sites excluding steroid dienone is 1. The molecule has 0 aliphatic carbocycles. The summed E-state index contributed by atoms with van der Waals surface area (Å²) >= 11 is 0. The molecule has 0 spiro atoms. The maximum absolute atomic E-state index is 13.0. The number of nitrogens with zero attached hydrogens (tertiary/aromatic N) is 14. The molecule has 13 unspecified atom stereocenters. The van der Waals surface area contributed by atoms with E-state index in [4.69, 9.17) is 52.1 Å². The normalized spacial score (nSPS) is 30.3. The Labute approximate surface area is 575 Å². The zero-order valence-corrected chi connectivity index (χ0v) is 56.2. The fourth-order valence-electron chi connectivity index (χ4n) is 12.5. The highest BCUT2D eigenvalue weighted by molar-refractivity contribution is 6.19. The highest BCUT2D eigenvalue weighted by Gasteiger charge is 2.61. The number of imide groups is 3. The summed E-state index contributed by atoms with van der Waals surface area (Å²) in [5, 5.41) is 0. The minimum Gasteiger partial charge on any atom is -0.371 e. The number of carbonyl (C=O) groups excluding carboxylic acids is 7. The quantitative estimate of drug-likeness (QED) is 0.0307. The van der Waals surface area contributed by atoms with Crippen molar-refractivity contribution >= 4 is 41.8 Å². The van der Waals surface area contributed by atoms with Gasteiger partial charge in [0.25, 0.3) is 0 Å². The van der Waals surface area contributed by atoms with Crippen molar-refractivity contribution < 1.29 is 85.7 Å². The van der Waals surface area contributed by atoms with Crippen molar-refractivity contribution in [1.29, 1.82) is 0 Å². The Morgan fingerprint density at radius 3 is 0.861 bits per heavy atom. The summed E-state index contributed by atoms with van der Waals surface area (Å²) in [6.07, 6.45) is 4.50. The summed E-state index contributed by atoms with van der Waals surface area (Å²) in [4.78, 5) is 173. The van der Waals surface area contributed by atoms with Gasteiger partial charge in [-0.15, -0.1) is 19.7 Å². The van der Waals surface area contributed by atoms with Crippen LogP contribution in [0.5, 0.6) is 0 Å². The smallest absolute Gasteiger partial charge is 0.336 e. The van der Waals surface area contributed by atoms with Gasteiger partial charge in [0.05, 0.1) is 218 Å². The third kappa shape index (κ3) is 16.5. The minimum atomic E-state index is -1.13. The molecule has 2 aromatic rings. The van der Waals surface area contributed by atoms with E-state index in [9.17, 15) is 62.3 Å². The van der Waals surface area contributed by atoms with Gasteiger partial charge in [0, 0.05) is 13.1 Å². The van der Waals surface area contributed by atoms with Crippen LogP contribution in [0.25, 0.3) is 0 Å². The number of aromatic nitrogens is 6. The van der Waals surface area contributed by atoms with Crippen molar-refractivity contribution in [3.63, 3.8) is 0 Å². The topological polar surface area (TPSA) is 415 Å². The summed E-state index contributed by atoms with van der Waals surface area (Å²) in [6.45, 7) is 25.4. The van der Waals surface area contributed by atoms with Gasteiger partial charge in [0.1, 0.15) is 24.3 Å². The number of epoxide rings is 11. The first-order chi connectivity index (χ1) is 48.7. The number of carbonyl (C=O) groups is 7. The van der Waals surface area contributed by atoms with Crippen molar-refractivity contribution in [2.24, 2.45) is 5.41 Å². The maximum Gasteiger partial charge on any atom is 0.336 e. The number of hydrogen-bond donors (Lipinski definition) is 0. The van der Waals surface area contributed by atoms with E-state index in [1.807, 2.05) is 13.8 Å². The van der Waals surface area contributed by atoms with Crippen molar-refractivity contribution in [3.8, 4) is 0 Å². The molecule has 13 atom stereocenters. The molecule has 38 heteroatoms. The van der Waals surface area contributed by atoms with E-state index in [1.165, 1.54) is 20.8 Å². The number of fused-ring (bicyclic) bond motifs is 1. The van der Waals surface area contributed by atoms with E-state index in [0.29, 0.717) is 125 Å². The minimum absolute atomic E-state index is 0.0633. The number of amides is 11. The third-order valence-corrected chi connectivity index (χ3v) is 19.1. The molecule has 0 bridgehead atoms. The summed E-state index contributed by atoms with van der Waals surface area (Å²) in [7, 11) is 0. The van der Waals surface area contributed by atoms with Gasteiger partial charge in [-0.25, -0.2) is 75.3 Å². The van der Waals surface area contributed by atoms with Gasteiger partial charge in [-0.2, -0.15) is 0 Å². The summed E-state index contributed by atoms with van der Waals surface area (Å²) in [5.41, 5.74) is -4.76. The van der Waals surface area contributed by atoms with E-state index in [2.05, 4.69) is 19.7 Å². The number of barbiturate groups is 1. The standard InChI is InChI=1S/C16H22N4O4.C14H20N2O5.C12H15N3O6.C12H15N3O5.C9H12N2O4/c1-3-5-17-13-14(18(6-4-2)15(17)21)20(8-12-10-24-12)16(22)19(13)7-11-9-23-11;1-3-14(4-2)11(17)15(5-9-7-20-9)13(19)16(12(14)18)6-10-8-21-10;16-10-13(1-7-4-19-7)11(17)15(3-9-6-21-9)12(18)14(10)2-8-5-20-8;1-2-3-13-10(16)14(4-8-6-19-8)12(18)15(11(13)17)5-9-7-20-9;12-8-3-10(1-6-4-14-6)9(13)11(8)2-7-5-15-7/h3-4,11-14H,1-2,5-10H2;9-10H,3-8H2,1-2H3;7-9H,1-6H2;2,8-9H,1,3-7H2;6-7H,1-5H2. The molecule has 17 rings (SSSR count). The SMILES string of the molecule is C=CCN1C(=O)N(CC=C)C2C1N(CC1CO1)C(=O)N2CC1CO1.C=CCn1c(=O)n(CC2CO2)c(=O)n(CC2CO2)c1=O.CCC1(CC)C(=O)N(CC2CO2)C(=O)N(CC2CO2)C1=O.O=C1CN(CC2CO2)C(=O)N1CC1CO1.O=c1n(CC2CO2)c(=O)n(CC2CO2)c(=O)n1CC1CO1. The fraction of sp³-hybridized carbons (Fsp3) is 0.698. The first-order valence-electron chi connectivity index (χ1n) is 34.1. The summed E-state index contributed by atoms with van der Waals surface area (Å²) in [5.74, 6) is -0.895. The van der Waals surface area contributed by atoms with E-state index >= 15 is 0 Å². The lowest BCUT2D eigenvalue weighted by molar-refractivity contribution is -0.159. The van der Waals surface area contributed by atoms with Gasteiger partial charge in [-0.05, 0) is 12.8 Å². The Balaban J connectivity index is 0.000000114. The number of rotatable bonds is 30. The van der Waals surface area contributed by atoms with E-state index < -0.39 is 45.6 Å². The van der Waals surface area contributed by atoms with Crippen LogP contribution < -0.4 is 34.1 Å². The molecular formula is C63H84N14O24. The van der Waals surface area contributed by atoms with Crippen LogP contribution in [0.1, 0.15) is 26.7 Å². The number of urea groups is 4. The molecule has 101 heavy (non-hydrogen) atoms. The predicted octanol–water partition coefficient (Wildman–Crippen LogP) is -4.76. The van der Waals surface area contributed by atoms with Gasteiger partial charge >= 0.3 is 58.3 Å². The molecule has 2 aromatic heterocycles. The van der Waals surface area contributed by atoms with Crippen molar-refractivity contribution in [2.75, 3.05) is 132 Å². The third-order valence-electron chi connectivity index (χ3n) is 19.1. The molecule has 15 aliphatic heterocycles. The van der Waals surface area contributed by atoms with Crippen molar-refractivity contribution in [2.45, 2.75) is 145 Å². The van der Waals surface area contributed by atoms with Gasteiger partial charge in [-0.3, -0.25) is 48.7 Å². The lowest BCUT2D eigenvalue weighted by atomic mass is 9.78. The summed E-state index contributed by atoms with van der Waals surface area (Å²) < 4.78 is 62.5. The van der Waals surface area contributed by atoms with Gasteiger partial charge in [0.15, 0.2) is 0 Å². The maximum atomic E-state index is 13.0.